The molecule has 1 atom stereocenters. The molecule has 2 N–H and O–H groups in total. The molecule has 2 saturated heterocycles. The average Bonchev–Trinajstić information content (AvgIpc) is 2.64. The Morgan fingerprint density at radius 1 is 1.12 bits per heavy atom. The maximum absolute atomic E-state index is 12.5. The average molecular weight is 352 g/mol. The van der Waals surface area contributed by atoms with E-state index in [1.807, 2.05) is 4.90 Å². The molecule has 2 amide bonds. The third kappa shape index (κ3) is 5.39. The van der Waals surface area contributed by atoms with Crippen LogP contribution < -0.4 is 10.6 Å². The molecule has 0 aromatic rings. The number of hydrogen-bond acceptors (Lipinski definition) is 5. The minimum absolute atomic E-state index is 0.125. The monoisotopic (exact) mass is 352 g/mol. The molecule has 25 heavy (non-hydrogen) atoms. The molecule has 3 fully saturated rings. The fourth-order valence-corrected chi connectivity index (χ4v) is 3.95. The summed E-state index contributed by atoms with van der Waals surface area (Å²) in [6.07, 6.45) is 4.63. The van der Waals surface area contributed by atoms with Gasteiger partial charge in [-0.15, -0.1) is 0 Å². The third-order valence-electron chi connectivity index (χ3n) is 5.65. The SMILES string of the molecule is CC1CCC(NC(=O)CN2CCN(C(=O)C3COCCN3)CC2)CC1. The first-order valence-corrected chi connectivity index (χ1v) is 9.73. The van der Waals surface area contributed by atoms with Crippen LogP contribution in [0.15, 0.2) is 0 Å². The normalized spacial score (nSPS) is 31.6. The molecule has 142 valence electrons. The first-order chi connectivity index (χ1) is 12.1. The van der Waals surface area contributed by atoms with Gasteiger partial charge in [-0.25, -0.2) is 0 Å². The summed E-state index contributed by atoms with van der Waals surface area (Å²) >= 11 is 0. The number of rotatable bonds is 4. The molecule has 3 aliphatic rings. The number of morpholine rings is 1. The lowest BCUT2D eigenvalue weighted by Gasteiger charge is -2.37. The Morgan fingerprint density at radius 3 is 2.48 bits per heavy atom. The molecule has 3 rings (SSSR count). The predicted octanol–water partition coefficient (Wildman–Crippen LogP) is -0.186. The standard InChI is InChI=1S/C18H32N4O3/c1-14-2-4-15(5-3-14)20-17(23)12-21-7-9-22(10-8-21)18(24)16-13-25-11-6-19-16/h14-16,19H,2-13H2,1H3,(H,20,23). The first-order valence-electron chi connectivity index (χ1n) is 9.73. The van der Waals surface area contributed by atoms with Crippen LogP contribution >= 0.6 is 0 Å². The van der Waals surface area contributed by atoms with Crippen molar-refractivity contribution in [2.24, 2.45) is 5.92 Å². The zero-order valence-corrected chi connectivity index (χ0v) is 15.3. The molecule has 0 radical (unpaired) electrons. The molecule has 2 aliphatic heterocycles. The molecule has 0 spiro atoms. The van der Waals surface area contributed by atoms with E-state index in [9.17, 15) is 9.59 Å². The smallest absolute Gasteiger partial charge is 0.242 e. The summed E-state index contributed by atoms with van der Waals surface area (Å²) < 4.78 is 5.37. The quantitative estimate of drug-likeness (QED) is 0.734. The maximum Gasteiger partial charge on any atom is 0.242 e. The predicted molar refractivity (Wildman–Crippen MR) is 95.2 cm³/mol. The van der Waals surface area contributed by atoms with Crippen LogP contribution in [0.25, 0.3) is 0 Å². The second kappa shape index (κ2) is 8.96. The molecular weight excluding hydrogens is 320 g/mol. The van der Waals surface area contributed by atoms with Crippen molar-refractivity contribution >= 4 is 11.8 Å². The molecule has 7 nitrogen and oxygen atoms in total. The van der Waals surface area contributed by atoms with Crippen molar-refractivity contribution in [3.63, 3.8) is 0 Å². The summed E-state index contributed by atoms with van der Waals surface area (Å²) in [6, 6.07) is 0.140. The third-order valence-corrected chi connectivity index (χ3v) is 5.65. The number of carbonyl (C=O) groups excluding carboxylic acids is 2. The molecule has 0 aromatic carbocycles. The van der Waals surface area contributed by atoms with E-state index in [-0.39, 0.29) is 17.9 Å². The topological polar surface area (TPSA) is 73.9 Å². The van der Waals surface area contributed by atoms with E-state index >= 15 is 0 Å². The second-order valence-corrected chi connectivity index (χ2v) is 7.71. The lowest BCUT2D eigenvalue weighted by molar-refractivity contribution is -0.138. The van der Waals surface area contributed by atoms with Crippen LogP contribution in [0.5, 0.6) is 0 Å². The number of ether oxygens (including phenoxy) is 1. The van der Waals surface area contributed by atoms with Crippen molar-refractivity contribution in [3.8, 4) is 0 Å². The van der Waals surface area contributed by atoms with Crippen LogP contribution in [-0.4, -0.2) is 86.2 Å². The molecule has 0 bridgehead atoms. The Hall–Kier alpha value is -1.18. The molecule has 1 unspecified atom stereocenters. The van der Waals surface area contributed by atoms with Crippen molar-refractivity contribution in [1.82, 2.24) is 20.4 Å². The van der Waals surface area contributed by atoms with Crippen molar-refractivity contribution in [3.05, 3.63) is 0 Å². The highest BCUT2D eigenvalue weighted by Gasteiger charge is 2.29. The van der Waals surface area contributed by atoms with Crippen molar-refractivity contribution in [2.75, 3.05) is 52.5 Å². The van der Waals surface area contributed by atoms with Gasteiger partial charge in [-0.3, -0.25) is 14.5 Å². The van der Waals surface area contributed by atoms with Gasteiger partial charge in [0.1, 0.15) is 6.04 Å². The van der Waals surface area contributed by atoms with Crippen LogP contribution in [0, 0.1) is 5.92 Å². The Morgan fingerprint density at radius 2 is 1.84 bits per heavy atom. The second-order valence-electron chi connectivity index (χ2n) is 7.71. The van der Waals surface area contributed by atoms with E-state index in [4.69, 9.17) is 4.74 Å². The van der Waals surface area contributed by atoms with E-state index < -0.39 is 0 Å². The highest BCUT2D eigenvalue weighted by atomic mass is 16.5. The van der Waals surface area contributed by atoms with Crippen molar-refractivity contribution < 1.29 is 14.3 Å². The maximum atomic E-state index is 12.5. The molecule has 7 heteroatoms. The van der Waals surface area contributed by atoms with Crippen molar-refractivity contribution in [1.29, 1.82) is 0 Å². The fraction of sp³-hybridized carbons (Fsp3) is 0.889. The number of nitrogens with one attached hydrogen (secondary N) is 2. The summed E-state index contributed by atoms with van der Waals surface area (Å²) in [5.41, 5.74) is 0. The lowest BCUT2D eigenvalue weighted by atomic mass is 9.87. The number of carbonyl (C=O) groups is 2. The highest BCUT2D eigenvalue weighted by Crippen LogP contribution is 2.23. The van der Waals surface area contributed by atoms with Gasteiger partial charge >= 0.3 is 0 Å². The summed E-state index contributed by atoms with van der Waals surface area (Å²) in [6.45, 7) is 7.48. The van der Waals surface area contributed by atoms with Crippen LogP contribution in [-0.2, 0) is 14.3 Å². The number of nitrogens with zero attached hydrogens (tertiary/aromatic N) is 2. The van der Waals surface area contributed by atoms with Gasteiger partial charge in [-0.2, -0.15) is 0 Å². The largest absolute Gasteiger partial charge is 0.378 e. The van der Waals surface area contributed by atoms with E-state index in [0.717, 1.165) is 38.4 Å². The van der Waals surface area contributed by atoms with Gasteiger partial charge in [-0.1, -0.05) is 6.92 Å². The molecule has 0 aromatic heterocycles. The number of amides is 2. The fourth-order valence-electron chi connectivity index (χ4n) is 3.95. The lowest BCUT2D eigenvalue weighted by Crippen LogP contribution is -2.58. The summed E-state index contributed by atoms with van der Waals surface area (Å²) in [4.78, 5) is 28.8. The van der Waals surface area contributed by atoms with Gasteiger partial charge < -0.3 is 20.3 Å². The minimum atomic E-state index is -0.211. The van der Waals surface area contributed by atoms with Gasteiger partial charge in [0.25, 0.3) is 0 Å². The zero-order chi connectivity index (χ0) is 17.6. The van der Waals surface area contributed by atoms with E-state index in [0.29, 0.717) is 38.9 Å². The number of piperazine rings is 1. The molecular formula is C18H32N4O3. The van der Waals surface area contributed by atoms with Crippen molar-refractivity contribution in [2.45, 2.75) is 44.7 Å². The Labute approximate surface area is 150 Å². The summed E-state index contributed by atoms with van der Waals surface area (Å²) in [5, 5.41) is 6.40. The Bertz CT molecular complexity index is 451. The molecule has 1 saturated carbocycles. The van der Waals surface area contributed by atoms with Gasteiger partial charge in [0, 0.05) is 38.8 Å². The Balaban J connectivity index is 1.35. The van der Waals surface area contributed by atoms with Crippen LogP contribution in [0.1, 0.15) is 32.6 Å². The van der Waals surface area contributed by atoms with Crippen LogP contribution in [0.3, 0.4) is 0 Å². The Kier molecular flexibility index (Phi) is 6.67. The van der Waals surface area contributed by atoms with E-state index in [1.54, 1.807) is 0 Å². The van der Waals surface area contributed by atoms with E-state index in [1.165, 1.54) is 12.8 Å². The minimum Gasteiger partial charge on any atom is -0.378 e. The number of hydrogen-bond donors (Lipinski definition) is 2. The van der Waals surface area contributed by atoms with Crippen LogP contribution in [0.4, 0.5) is 0 Å². The van der Waals surface area contributed by atoms with E-state index in [2.05, 4.69) is 22.5 Å². The summed E-state index contributed by atoms with van der Waals surface area (Å²) in [7, 11) is 0. The molecule has 1 aliphatic carbocycles. The van der Waals surface area contributed by atoms with Crippen LogP contribution in [0.2, 0.25) is 0 Å². The van der Waals surface area contributed by atoms with Gasteiger partial charge in [-0.05, 0) is 31.6 Å². The van der Waals surface area contributed by atoms with Gasteiger partial charge in [0.05, 0.1) is 19.8 Å². The first kappa shape index (κ1) is 18.6. The molecule has 2 heterocycles. The summed E-state index contributed by atoms with van der Waals surface area (Å²) in [5.74, 6) is 1.05. The van der Waals surface area contributed by atoms with Gasteiger partial charge in [0.2, 0.25) is 11.8 Å². The zero-order valence-electron chi connectivity index (χ0n) is 15.3. The highest BCUT2D eigenvalue weighted by molar-refractivity contribution is 5.82. The van der Waals surface area contributed by atoms with Gasteiger partial charge in [0.15, 0.2) is 0 Å².